The number of cyclic esters (lactones) is 1. The van der Waals surface area contributed by atoms with Crippen LogP contribution in [0, 0.1) is 27.7 Å². The lowest BCUT2D eigenvalue weighted by Gasteiger charge is -2.34. The number of hydrogen-bond donors (Lipinski definition) is 2. The molecule has 260 valence electrons. The van der Waals surface area contributed by atoms with Gasteiger partial charge in [-0.05, 0) is 102 Å². The number of esters is 1. The number of carbonyl (C=O) groups excluding carboxylic acids is 1. The fourth-order valence-electron chi connectivity index (χ4n) is 8.18. The first-order valence-electron chi connectivity index (χ1n) is 17.9. The highest BCUT2D eigenvalue weighted by Crippen LogP contribution is 2.56. The van der Waals surface area contributed by atoms with Gasteiger partial charge in [0, 0.05) is 16.7 Å². The predicted octanol–water partition coefficient (Wildman–Crippen LogP) is 10.8. The number of hydrogen-bond acceptors (Lipinski definition) is 4. The van der Waals surface area contributed by atoms with E-state index < -0.39 is 11.0 Å². The topological polar surface area (TPSA) is 66.8 Å². The van der Waals surface area contributed by atoms with E-state index in [4.69, 9.17) is 4.74 Å². The van der Waals surface area contributed by atoms with Crippen LogP contribution < -0.4 is 0 Å². The molecule has 0 radical (unpaired) electrons. The van der Waals surface area contributed by atoms with E-state index in [1.807, 2.05) is 62.4 Å². The highest BCUT2D eigenvalue weighted by Gasteiger charge is 2.48. The zero-order valence-corrected chi connectivity index (χ0v) is 30.2. The van der Waals surface area contributed by atoms with E-state index in [9.17, 15) is 15.0 Å². The Bertz CT molecular complexity index is 2370. The number of fused-ring (bicyclic) bond motifs is 4. The molecular formula is C49H40O4. The molecule has 0 saturated carbocycles. The SMILES string of the molecule is Cc1ccc(C2(c3ccc(O)c(C)c3)c3ccccc3-c3ccccc32)cc1C.Cc1ccc(C2(c3ccc(O)cc3)OC(=O)c3ccccc32)cc1. The normalized spacial score (nSPS) is 16.1. The van der Waals surface area contributed by atoms with Crippen molar-refractivity contribution in [2.75, 3.05) is 0 Å². The molecule has 1 heterocycles. The molecule has 0 saturated heterocycles. The Labute approximate surface area is 310 Å². The molecule has 0 fully saturated rings. The lowest BCUT2D eigenvalue weighted by Crippen LogP contribution is -2.29. The van der Waals surface area contributed by atoms with Crippen molar-refractivity contribution in [2.24, 2.45) is 0 Å². The number of ether oxygens (including phenoxy) is 1. The van der Waals surface area contributed by atoms with Crippen LogP contribution in [0.3, 0.4) is 0 Å². The number of carbonyl (C=O) groups is 1. The average molecular weight is 693 g/mol. The largest absolute Gasteiger partial charge is 0.508 e. The lowest BCUT2D eigenvalue weighted by molar-refractivity contribution is 0.0251. The highest BCUT2D eigenvalue weighted by atomic mass is 16.6. The van der Waals surface area contributed by atoms with E-state index >= 15 is 0 Å². The van der Waals surface area contributed by atoms with Crippen molar-refractivity contribution in [1.29, 1.82) is 0 Å². The maximum Gasteiger partial charge on any atom is 0.340 e. The summed E-state index contributed by atoms with van der Waals surface area (Å²) in [7, 11) is 0. The fourth-order valence-corrected chi connectivity index (χ4v) is 8.18. The van der Waals surface area contributed by atoms with Gasteiger partial charge in [-0.3, -0.25) is 0 Å². The Morgan fingerprint density at radius 2 is 0.925 bits per heavy atom. The van der Waals surface area contributed by atoms with Gasteiger partial charge < -0.3 is 14.9 Å². The maximum atomic E-state index is 12.5. The monoisotopic (exact) mass is 692 g/mol. The molecule has 1 aliphatic carbocycles. The molecule has 1 aliphatic heterocycles. The second kappa shape index (κ2) is 13.0. The van der Waals surface area contributed by atoms with Crippen LogP contribution in [0.4, 0.5) is 0 Å². The van der Waals surface area contributed by atoms with Gasteiger partial charge in [-0.1, -0.05) is 139 Å². The van der Waals surface area contributed by atoms with E-state index in [0.29, 0.717) is 11.3 Å². The molecule has 53 heavy (non-hydrogen) atoms. The van der Waals surface area contributed by atoms with Crippen LogP contribution in [0.25, 0.3) is 11.1 Å². The summed E-state index contributed by atoms with van der Waals surface area (Å²) in [6.45, 7) is 8.33. The quantitative estimate of drug-likeness (QED) is 0.180. The molecule has 2 N–H and O–H groups in total. The summed E-state index contributed by atoms with van der Waals surface area (Å²) in [6, 6.07) is 52.6. The van der Waals surface area contributed by atoms with Gasteiger partial charge in [0.25, 0.3) is 0 Å². The maximum absolute atomic E-state index is 12.5. The van der Waals surface area contributed by atoms with Gasteiger partial charge in [0.1, 0.15) is 11.5 Å². The second-order valence-electron chi connectivity index (χ2n) is 14.2. The number of phenols is 2. The van der Waals surface area contributed by atoms with Crippen LogP contribution in [0.2, 0.25) is 0 Å². The number of rotatable bonds is 4. The molecule has 4 heteroatoms. The van der Waals surface area contributed by atoms with Gasteiger partial charge in [-0.15, -0.1) is 0 Å². The second-order valence-corrected chi connectivity index (χ2v) is 14.2. The van der Waals surface area contributed by atoms with E-state index in [1.54, 1.807) is 30.3 Å². The molecule has 4 nitrogen and oxygen atoms in total. The zero-order chi connectivity index (χ0) is 36.9. The molecule has 0 spiro atoms. The van der Waals surface area contributed by atoms with E-state index in [-0.39, 0.29) is 11.7 Å². The number of benzene rings is 7. The van der Waals surface area contributed by atoms with Crippen molar-refractivity contribution in [3.8, 4) is 22.6 Å². The van der Waals surface area contributed by atoms with E-state index in [2.05, 4.69) is 92.7 Å². The highest BCUT2D eigenvalue weighted by molar-refractivity contribution is 5.96. The molecule has 1 atom stereocenters. The van der Waals surface area contributed by atoms with Gasteiger partial charge in [-0.25, -0.2) is 4.79 Å². The Balaban J connectivity index is 0.000000154. The van der Waals surface area contributed by atoms with Gasteiger partial charge in [0.15, 0.2) is 5.60 Å². The van der Waals surface area contributed by atoms with Crippen LogP contribution in [0.15, 0.2) is 158 Å². The molecule has 0 amide bonds. The van der Waals surface area contributed by atoms with E-state index in [0.717, 1.165) is 27.8 Å². The summed E-state index contributed by atoms with van der Waals surface area (Å²) >= 11 is 0. The van der Waals surface area contributed by atoms with Crippen LogP contribution >= 0.6 is 0 Å². The van der Waals surface area contributed by atoms with Crippen molar-refractivity contribution >= 4 is 5.97 Å². The zero-order valence-electron chi connectivity index (χ0n) is 30.2. The van der Waals surface area contributed by atoms with Gasteiger partial charge >= 0.3 is 5.97 Å². The van der Waals surface area contributed by atoms with Crippen molar-refractivity contribution in [3.05, 3.63) is 224 Å². The third kappa shape index (κ3) is 5.33. The molecule has 2 aliphatic rings. The Hall–Kier alpha value is -6.39. The van der Waals surface area contributed by atoms with Gasteiger partial charge in [0.2, 0.25) is 0 Å². The summed E-state index contributed by atoms with van der Waals surface area (Å²) in [6.07, 6.45) is 0. The first-order chi connectivity index (χ1) is 25.6. The average Bonchev–Trinajstić information content (AvgIpc) is 3.65. The predicted molar refractivity (Wildman–Crippen MR) is 211 cm³/mol. The van der Waals surface area contributed by atoms with Crippen LogP contribution in [0.1, 0.15) is 71.6 Å². The molecule has 9 rings (SSSR count). The van der Waals surface area contributed by atoms with Crippen LogP contribution in [0.5, 0.6) is 11.5 Å². The van der Waals surface area contributed by atoms with Gasteiger partial charge in [-0.2, -0.15) is 0 Å². The number of aryl methyl sites for hydroxylation is 4. The standard InChI is InChI=1S/C28H24O.C21H16O3/c1-18-12-13-21(16-19(18)2)28(22-14-15-27(29)20(3)17-22)25-10-6-4-8-23(25)24-9-5-7-11-26(24)28;1-14-6-8-15(9-7-14)21(16-10-12-17(22)13-11-16)19-5-3-2-4-18(19)20(23)24-21/h4-17,29H,1-3H3;2-13,22H,1H3. The first kappa shape index (κ1) is 33.7. The number of phenolic OH excluding ortho intramolecular Hbond substituents is 2. The minimum atomic E-state index is -0.991. The third-order valence-corrected chi connectivity index (χ3v) is 11.0. The summed E-state index contributed by atoms with van der Waals surface area (Å²) in [5, 5.41) is 19.8. The summed E-state index contributed by atoms with van der Waals surface area (Å²) < 4.78 is 5.95. The van der Waals surface area contributed by atoms with Crippen LogP contribution in [-0.2, 0) is 15.8 Å². The Kier molecular flexibility index (Phi) is 8.26. The minimum absolute atomic E-state index is 0.176. The minimum Gasteiger partial charge on any atom is -0.508 e. The van der Waals surface area contributed by atoms with Crippen molar-refractivity contribution in [2.45, 2.75) is 38.7 Å². The molecular weight excluding hydrogens is 653 g/mol. The molecule has 0 bridgehead atoms. The van der Waals surface area contributed by atoms with Crippen LogP contribution in [-0.4, -0.2) is 16.2 Å². The Morgan fingerprint density at radius 1 is 0.453 bits per heavy atom. The fraction of sp³-hybridized carbons (Fsp3) is 0.122. The van der Waals surface area contributed by atoms with Crippen molar-refractivity contribution in [3.63, 3.8) is 0 Å². The first-order valence-corrected chi connectivity index (χ1v) is 17.9. The molecule has 7 aromatic carbocycles. The summed E-state index contributed by atoms with van der Waals surface area (Å²) in [5.74, 6) is 0.179. The molecule has 1 unspecified atom stereocenters. The summed E-state index contributed by atoms with van der Waals surface area (Å²) in [5.41, 5.74) is 13.9. The van der Waals surface area contributed by atoms with E-state index in [1.165, 1.54) is 44.5 Å². The van der Waals surface area contributed by atoms with Crippen molar-refractivity contribution in [1.82, 2.24) is 0 Å². The lowest BCUT2D eigenvalue weighted by atomic mass is 9.67. The number of aromatic hydroxyl groups is 2. The summed E-state index contributed by atoms with van der Waals surface area (Å²) in [4.78, 5) is 12.5. The third-order valence-electron chi connectivity index (χ3n) is 11.0. The van der Waals surface area contributed by atoms with Crippen molar-refractivity contribution < 1.29 is 19.7 Å². The van der Waals surface area contributed by atoms with Gasteiger partial charge in [0.05, 0.1) is 11.0 Å². The smallest absolute Gasteiger partial charge is 0.340 e. The molecule has 7 aromatic rings. The molecule has 0 aromatic heterocycles. The Morgan fingerprint density at radius 3 is 1.49 bits per heavy atom.